The molecule has 16 heavy (non-hydrogen) atoms. The van der Waals surface area contributed by atoms with Crippen LogP contribution in [-0.4, -0.2) is 19.7 Å². The van der Waals surface area contributed by atoms with E-state index < -0.39 is 9.84 Å². The zero-order chi connectivity index (χ0) is 11.9. The SMILES string of the molecule is Cc1ccc(S(=O)(=O)C2CC(N)C2)c(C)c1. The molecule has 0 aliphatic heterocycles. The molecule has 0 radical (unpaired) electrons. The largest absolute Gasteiger partial charge is 0.328 e. The minimum Gasteiger partial charge on any atom is -0.328 e. The summed E-state index contributed by atoms with van der Waals surface area (Å²) in [6.07, 6.45) is 1.19. The van der Waals surface area contributed by atoms with E-state index in [1.807, 2.05) is 26.0 Å². The Labute approximate surface area is 96.6 Å². The van der Waals surface area contributed by atoms with Gasteiger partial charge in [0.1, 0.15) is 0 Å². The van der Waals surface area contributed by atoms with Crippen molar-refractivity contribution in [3.05, 3.63) is 29.3 Å². The van der Waals surface area contributed by atoms with Gasteiger partial charge in [-0.15, -0.1) is 0 Å². The van der Waals surface area contributed by atoms with Crippen molar-refractivity contribution in [1.29, 1.82) is 0 Å². The first-order chi connectivity index (χ1) is 7.41. The molecule has 2 rings (SSSR count). The standard InChI is InChI=1S/C12H17NO2S/c1-8-3-4-12(9(2)5-8)16(14,15)11-6-10(13)7-11/h3-5,10-11H,6-7,13H2,1-2H3. The van der Waals surface area contributed by atoms with Crippen LogP contribution in [0.1, 0.15) is 24.0 Å². The van der Waals surface area contributed by atoms with Crippen molar-refractivity contribution in [3.8, 4) is 0 Å². The highest BCUT2D eigenvalue weighted by Crippen LogP contribution is 2.32. The normalized spacial score (nSPS) is 25.2. The third kappa shape index (κ3) is 1.87. The fourth-order valence-electron chi connectivity index (χ4n) is 2.16. The van der Waals surface area contributed by atoms with Crippen LogP contribution in [0.3, 0.4) is 0 Å². The Bertz CT molecular complexity index is 502. The van der Waals surface area contributed by atoms with E-state index in [4.69, 9.17) is 5.73 Å². The van der Waals surface area contributed by atoms with Crippen molar-refractivity contribution in [1.82, 2.24) is 0 Å². The van der Waals surface area contributed by atoms with E-state index in [-0.39, 0.29) is 11.3 Å². The zero-order valence-corrected chi connectivity index (χ0v) is 10.4. The predicted octanol–water partition coefficient (Wildman–Crippen LogP) is 1.57. The van der Waals surface area contributed by atoms with Gasteiger partial charge in [0.05, 0.1) is 10.1 Å². The average molecular weight is 239 g/mol. The van der Waals surface area contributed by atoms with Crippen LogP contribution in [0.15, 0.2) is 23.1 Å². The van der Waals surface area contributed by atoms with Crippen LogP contribution in [0.2, 0.25) is 0 Å². The molecule has 0 bridgehead atoms. The molecule has 3 nitrogen and oxygen atoms in total. The van der Waals surface area contributed by atoms with Crippen molar-refractivity contribution in [2.24, 2.45) is 5.73 Å². The van der Waals surface area contributed by atoms with Crippen LogP contribution in [0, 0.1) is 13.8 Å². The third-order valence-electron chi connectivity index (χ3n) is 3.21. The zero-order valence-electron chi connectivity index (χ0n) is 9.60. The summed E-state index contributed by atoms with van der Waals surface area (Å²) < 4.78 is 24.5. The Morgan fingerprint density at radius 1 is 1.25 bits per heavy atom. The summed E-state index contributed by atoms with van der Waals surface area (Å²) in [5.41, 5.74) is 7.56. The van der Waals surface area contributed by atoms with Crippen molar-refractivity contribution >= 4 is 9.84 Å². The lowest BCUT2D eigenvalue weighted by Gasteiger charge is -2.32. The van der Waals surface area contributed by atoms with E-state index in [1.165, 1.54) is 0 Å². The summed E-state index contributed by atoms with van der Waals surface area (Å²) in [6, 6.07) is 5.53. The highest BCUT2D eigenvalue weighted by molar-refractivity contribution is 7.92. The third-order valence-corrected chi connectivity index (χ3v) is 5.54. The van der Waals surface area contributed by atoms with E-state index in [0.29, 0.717) is 17.7 Å². The van der Waals surface area contributed by atoms with Gasteiger partial charge < -0.3 is 5.73 Å². The van der Waals surface area contributed by atoms with Crippen LogP contribution in [0.25, 0.3) is 0 Å². The minimum absolute atomic E-state index is 0.0607. The molecule has 1 aliphatic rings. The van der Waals surface area contributed by atoms with E-state index in [2.05, 4.69) is 0 Å². The van der Waals surface area contributed by atoms with E-state index in [9.17, 15) is 8.42 Å². The molecule has 1 aromatic rings. The molecule has 1 saturated carbocycles. The molecule has 0 saturated heterocycles. The van der Waals surface area contributed by atoms with Crippen LogP contribution in [0.4, 0.5) is 0 Å². The molecule has 0 unspecified atom stereocenters. The van der Waals surface area contributed by atoms with Gasteiger partial charge >= 0.3 is 0 Å². The van der Waals surface area contributed by atoms with Gasteiger partial charge in [-0.3, -0.25) is 0 Å². The number of aryl methyl sites for hydroxylation is 2. The monoisotopic (exact) mass is 239 g/mol. The molecule has 0 spiro atoms. The molecule has 1 aromatic carbocycles. The summed E-state index contributed by atoms with van der Waals surface area (Å²) >= 11 is 0. The molecule has 0 aromatic heterocycles. The summed E-state index contributed by atoms with van der Waals surface area (Å²) in [6.45, 7) is 3.81. The maximum atomic E-state index is 12.2. The van der Waals surface area contributed by atoms with Crippen molar-refractivity contribution in [2.45, 2.75) is 42.9 Å². The van der Waals surface area contributed by atoms with Gasteiger partial charge in [0, 0.05) is 6.04 Å². The Morgan fingerprint density at radius 2 is 1.88 bits per heavy atom. The number of benzene rings is 1. The Hall–Kier alpha value is -0.870. The Morgan fingerprint density at radius 3 is 2.38 bits per heavy atom. The van der Waals surface area contributed by atoms with Gasteiger partial charge in [0.25, 0.3) is 0 Å². The molecule has 1 aliphatic carbocycles. The predicted molar refractivity (Wildman–Crippen MR) is 64.1 cm³/mol. The number of hydrogen-bond donors (Lipinski definition) is 1. The number of hydrogen-bond acceptors (Lipinski definition) is 3. The lowest BCUT2D eigenvalue weighted by atomic mass is 9.93. The number of sulfone groups is 1. The molecule has 0 atom stereocenters. The van der Waals surface area contributed by atoms with Crippen molar-refractivity contribution in [3.63, 3.8) is 0 Å². The summed E-state index contributed by atoms with van der Waals surface area (Å²) in [4.78, 5) is 0.468. The summed E-state index contributed by atoms with van der Waals surface area (Å²) in [7, 11) is -3.16. The quantitative estimate of drug-likeness (QED) is 0.852. The molecular weight excluding hydrogens is 222 g/mol. The van der Waals surface area contributed by atoms with Gasteiger partial charge in [-0.05, 0) is 38.3 Å². The lowest BCUT2D eigenvalue weighted by Crippen LogP contribution is -2.44. The second-order valence-electron chi connectivity index (χ2n) is 4.67. The molecule has 1 fully saturated rings. The van der Waals surface area contributed by atoms with E-state index >= 15 is 0 Å². The minimum atomic E-state index is -3.16. The van der Waals surface area contributed by atoms with Crippen molar-refractivity contribution < 1.29 is 8.42 Å². The number of rotatable bonds is 2. The first kappa shape index (κ1) is 11.6. The van der Waals surface area contributed by atoms with Gasteiger partial charge in [-0.1, -0.05) is 17.7 Å². The van der Waals surface area contributed by atoms with Gasteiger partial charge in [-0.2, -0.15) is 0 Å². The molecule has 0 heterocycles. The smallest absolute Gasteiger partial charge is 0.181 e. The molecule has 2 N–H and O–H groups in total. The maximum absolute atomic E-state index is 12.2. The van der Waals surface area contributed by atoms with Crippen molar-refractivity contribution in [2.75, 3.05) is 0 Å². The number of nitrogens with two attached hydrogens (primary N) is 1. The second-order valence-corrected chi connectivity index (χ2v) is 6.86. The van der Waals surface area contributed by atoms with E-state index in [0.717, 1.165) is 11.1 Å². The Kier molecular flexibility index (Phi) is 2.80. The maximum Gasteiger partial charge on any atom is 0.181 e. The molecule has 88 valence electrons. The summed E-state index contributed by atoms with van der Waals surface area (Å²) in [5.74, 6) is 0. The van der Waals surface area contributed by atoms with E-state index in [1.54, 1.807) is 6.07 Å². The second kappa shape index (κ2) is 3.86. The fraction of sp³-hybridized carbons (Fsp3) is 0.500. The highest BCUT2D eigenvalue weighted by Gasteiger charge is 2.38. The average Bonchev–Trinajstić information content (AvgIpc) is 2.12. The van der Waals surface area contributed by atoms with Crippen LogP contribution in [0.5, 0.6) is 0 Å². The highest BCUT2D eigenvalue weighted by atomic mass is 32.2. The molecule has 4 heteroatoms. The Balaban J connectivity index is 2.36. The summed E-state index contributed by atoms with van der Waals surface area (Å²) in [5, 5.41) is -0.274. The first-order valence-electron chi connectivity index (χ1n) is 5.48. The van der Waals surface area contributed by atoms with Crippen LogP contribution >= 0.6 is 0 Å². The van der Waals surface area contributed by atoms with Crippen LogP contribution < -0.4 is 5.73 Å². The van der Waals surface area contributed by atoms with Gasteiger partial charge in [0.15, 0.2) is 9.84 Å². The molecular formula is C12H17NO2S. The lowest BCUT2D eigenvalue weighted by molar-refractivity contribution is 0.409. The first-order valence-corrected chi connectivity index (χ1v) is 7.02. The molecule has 0 amide bonds. The van der Waals surface area contributed by atoms with Crippen LogP contribution in [-0.2, 0) is 9.84 Å². The van der Waals surface area contributed by atoms with Gasteiger partial charge in [0.2, 0.25) is 0 Å². The van der Waals surface area contributed by atoms with Gasteiger partial charge in [-0.25, -0.2) is 8.42 Å². The fourth-order valence-corrected chi connectivity index (χ4v) is 4.28. The topological polar surface area (TPSA) is 60.2 Å².